The van der Waals surface area contributed by atoms with Gasteiger partial charge in [0, 0.05) is 19.1 Å². The third-order valence-electron chi connectivity index (χ3n) is 3.73. The van der Waals surface area contributed by atoms with E-state index in [1.807, 2.05) is 20.8 Å². The summed E-state index contributed by atoms with van der Waals surface area (Å²) in [5, 5.41) is 3.15. The van der Waals surface area contributed by atoms with Crippen LogP contribution in [0.1, 0.15) is 38.8 Å². The van der Waals surface area contributed by atoms with Crippen LogP contribution in [0.4, 0.5) is 9.18 Å². The van der Waals surface area contributed by atoms with E-state index in [4.69, 9.17) is 10.5 Å². The van der Waals surface area contributed by atoms with Gasteiger partial charge in [0.05, 0.1) is 0 Å². The van der Waals surface area contributed by atoms with Gasteiger partial charge in [0.2, 0.25) is 5.91 Å². The number of nitrogens with two attached hydrogens (primary N) is 1. The molecule has 0 saturated carbocycles. The molecule has 6 nitrogen and oxygen atoms in total. The minimum atomic E-state index is -0.728. The van der Waals surface area contributed by atoms with Gasteiger partial charge in [-0.1, -0.05) is 12.1 Å². The summed E-state index contributed by atoms with van der Waals surface area (Å²) in [6.07, 6.45) is 0.314. The number of carbonyl (C=O) groups is 2. The van der Waals surface area contributed by atoms with E-state index >= 15 is 0 Å². The Morgan fingerprint density at radius 3 is 2.50 bits per heavy atom. The fraction of sp³-hybridized carbons (Fsp3) is 0.529. The number of nitrogens with zero attached hydrogens (tertiary/aromatic N) is 1. The van der Waals surface area contributed by atoms with Crippen molar-refractivity contribution in [2.45, 2.75) is 44.9 Å². The fourth-order valence-electron chi connectivity index (χ4n) is 2.62. The van der Waals surface area contributed by atoms with Gasteiger partial charge in [-0.15, -0.1) is 0 Å². The van der Waals surface area contributed by atoms with Crippen molar-refractivity contribution < 1.29 is 18.7 Å². The van der Waals surface area contributed by atoms with Crippen LogP contribution in [0.3, 0.4) is 0 Å². The highest BCUT2D eigenvalue weighted by Crippen LogP contribution is 2.19. The molecule has 2 amide bonds. The second-order valence-electron chi connectivity index (χ2n) is 6.97. The van der Waals surface area contributed by atoms with Gasteiger partial charge in [0.15, 0.2) is 0 Å². The molecule has 0 radical (unpaired) electrons. The molecular formula is C17H24FN3O3. The predicted molar refractivity (Wildman–Crippen MR) is 87.7 cm³/mol. The average molecular weight is 337 g/mol. The standard InChI is InChI=1S/C17H24FN3O3/c1-17(2,3)24-16(23)21-9-8-13(10-21)20-14(15(19)22)11-4-6-12(18)7-5-11/h4-7,13-14,20H,8-10H2,1-3H3,(H2,19,22)/t13-,14-/m1/s1. The number of halogens is 1. The smallest absolute Gasteiger partial charge is 0.410 e. The molecule has 132 valence electrons. The molecule has 0 aliphatic carbocycles. The number of nitrogens with one attached hydrogen (secondary N) is 1. The van der Waals surface area contributed by atoms with E-state index in [0.717, 1.165) is 0 Å². The quantitative estimate of drug-likeness (QED) is 0.879. The number of carbonyl (C=O) groups excluding carboxylic acids is 2. The normalized spacial score (nSPS) is 19.2. The van der Waals surface area contributed by atoms with Crippen LogP contribution in [0.5, 0.6) is 0 Å². The first-order valence-corrected chi connectivity index (χ1v) is 7.94. The summed E-state index contributed by atoms with van der Waals surface area (Å²) >= 11 is 0. The van der Waals surface area contributed by atoms with E-state index in [2.05, 4.69) is 5.32 Å². The summed E-state index contributed by atoms with van der Waals surface area (Å²) in [6.45, 7) is 6.42. The summed E-state index contributed by atoms with van der Waals surface area (Å²) in [4.78, 5) is 25.4. The van der Waals surface area contributed by atoms with Crippen LogP contribution in [-0.4, -0.2) is 41.6 Å². The lowest BCUT2D eigenvalue weighted by atomic mass is 10.0. The second-order valence-corrected chi connectivity index (χ2v) is 6.97. The highest BCUT2D eigenvalue weighted by atomic mass is 19.1. The molecule has 0 unspecified atom stereocenters. The van der Waals surface area contributed by atoms with Crippen molar-refractivity contribution in [3.05, 3.63) is 35.6 Å². The molecule has 7 heteroatoms. The molecule has 1 fully saturated rings. The molecule has 0 aromatic heterocycles. The highest BCUT2D eigenvalue weighted by molar-refractivity contribution is 5.81. The molecule has 24 heavy (non-hydrogen) atoms. The molecule has 1 aromatic rings. The zero-order chi connectivity index (χ0) is 17.9. The van der Waals surface area contributed by atoms with E-state index in [9.17, 15) is 14.0 Å². The number of amides is 2. The van der Waals surface area contributed by atoms with E-state index in [0.29, 0.717) is 25.1 Å². The number of likely N-dealkylation sites (tertiary alicyclic amines) is 1. The summed E-state index contributed by atoms with van der Waals surface area (Å²) in [7, 11) is 0. The molecule has 1 aromatic carbocycles. The molecule has 2 rings (SSSR count). The Bertz CT molecular complexity index is 598. The Balaban J connectivity index is 1.98. The molecule has 1 saturated heterocycles. The minimum Gasteiger partial charge on any atom is -0.444 e. The van der Waals surface area contributed by atoms with E-state index in [1.165, 1.54) is 24.3 Å². The maximum atomic E-state index is 13.0. The first-order chi connectivity index (χ1) is 11.2. The van der Waals surface area contributed by atoms with Crippen molar-refractivity contribution in [2.75, 3.05) is 13.1 Å². The van der Waals surface area contributed by atoms with Crippen LogP contribution in [0.15, 0.2) is 24.3 Å². The van der Waals surface area contributed by atoms with Crippen molar-refractivity contribution in [1.29, 1.82) is 0 Å². The van der Waals surface area contributed by atoms with Crippen LogP contribution >= 0.6 is 0 Å². The highest BCUT2D eigenvalue weighted by Gasteiger charge is 2.32. The van der Waals surface area contributed by atoms with Crippen LogP contribution in [0, 0.1) is 5.82 Å². The molecule has 0 spiro atoms. The van der Waals surface area contributed by atoms with Gasteiger partial charge < -0.3 is 15.4 Å². The zero-order valence-electron chi connectivity index (χ0n) is 14.2. The molecule has 1 heterocycles. The molecule has 1 aliphatic heterocycles. The lowest BCUT2D eigenvalue weighted by molar-refractivity contribution is -0.120. The summed E-state index contributed by atoms with van der Waals surface area (Å²) in [5.74, 6) is -0.920. The monoisotopic (exact) mass is 337 g/mol. The molecule has 2 atom stereocenters. The molecule has 0 bridgehead atoms. The molecular weight excluding hydrogens is 313 g/mol. The van der Waals surface area contributed by atoms with Gasteiger partial charge in [0.25, 0.3) is 0 Å². The Hall–Kier alpha value is -2.15. The van der Waals surface area contributed by atoms with E-state index in [1.54, 1.807) is 4.90 Å². The van der Waals surface area contributed by atoms with Gasteiger partial charge in [-0.3, -0.25) is 10.1 Å². The maximum Gasteiger partial charge on any atom is 0.410 e. The molecule has 1 aliphatic rings. The first kappa shape index (κ1) is 18.2. The Labute approximate surface area is 141 Å². The Kier molecular flexibility index (Phi) is 5.43. The summed E-state index contributed by atoms with van der Waals surface area (Å²) in [6, 6.07) is 4.81. The third-order valence-corrected chi connectivity index (χ3v) is 3.73. The zero-order valence-corrected chi connectivity index (χ0v) is 14.2. The van der Waals surface area contributed by atoms with Crippen molar-refractivity contribution in [1.82, 2.24) is 10.2 Å². The largest absolute Gasteiger partial charge is 0.444 e. The van der Waals surface area contributed by atoms with Gasteiger partial charge in [-0.2, -0.15) is 0 Å². The van der Waals surface area contributed by atoms with Crippen LogP contribution < -0.4 is 11.1 Å². The van der Waals surface area contributed by atoms with Crippen molar-refractivity contribution in [3.63, 3.8) is 0 Å². The fourth-order valence-corrected chi connectivity index (χ4v) is 2.62. The number of ether oxygens (including phenoxy) is 1. The van der Waals surface area contributed by atoms with Gasteiger partial charge in [0.1, 0.15) is 17.5 Å². The van der Waals surface area contributed by atoms with E-state index < -0.39 is 17.6 Å². The summed E-state index contributed by atoms with van der Waals surface area (Å²) < 4.78 is 18.4. The van der Waals surface area contributed by atoms with Crippen molar-refractivity contribution >= 4 is 12.0 Å². The Morgan fingerprint density at radius 2 is 1.96 bits per heavy atom. The predicted octanol–water partition coefficient (Wildman–Crippen LogP) is 1.95. The Morgan fingerprint density at radius 1 is 1.33 bits per heavy atom. The van der Waals surface area contributed by atoms with Crippen molar-refractivity contribution in [3.8, 4) is 0 Å². The van der Waals surface area contributed by atoms with Crippen LogP contribution in [-0.2, 0) is 9.53 Å². The van der Waals surface area contributed by atoms with Crippen LogP contribution in [0.25, 0.3) is 0 Å². The third kappa shape index (κ3) is 4.92. The van der Waals surface area contributed by atoms with Crippen molar-refractivity contribution in [2.24, 2.45) is 5.73 Å². The molecule has 3 N–H and O–H groups in total. The number of benzene rings is 1. The number of hydrogen-bond donors (Lipinski definition) is 2. The maximum absolute atomic E-state index is 13.0. The second kappa shape index (κ2) is 7.17. The number of hydrogen-bond acceptors (Lipinski definition) is 4. The minimum absolute atomic E-state index is 0.0833. The summed E-state index contributed by atoms with van der Waals surface area (Å²) in [5.41, 5.74) is 5.51. The first-order valence-electron chi connectivity index (χ1n) is 7.94. The average Bonchev–Trinajstić information content (AvgIpc) is 2.92. The van der Waals surface area contributed by atoms with Gasteiger partial charge >= 0.3 is 6.09 Å². The number of primary amides is 1. The SMILES string of the molecule is CC(C)(C)OC(=O)N1CC[C@@H](N[C@@H](C(N)=O)c2ccc(F)cc2)C1. The van der Waals surface area contributed by atoms with Gasteiger partial charge in [-0.25, -0.2) is 9.18 Å². The lowest BCUT2D eigenvalue weighted by Gasteiger charge is -2.25. The number of rotatable bonds is 4. The lowest BCUT2D eigenvalue weighted by Crippen LogP contribution is -2.42. The van der Waals surface area contributed by atoms with Gasteiger partial charge in [-0.05, 0) is 44.9 Å². The van der Waals surface area contributed by atoms with E-state index in [-0.39, 0.29) is 18.0 Å². The van der Waals surface area contributed by atoms with Crippen LogP contribution in [0.2, 0.25) is 0 Å². The topological polar surface area (TPSA) is 84.7 Å².